The molecular formula is C17H13ClN4O. The van der Waals surface area contributed by atoms with Crippen LogP contribution in [-0.4, -0.2) is 27.2 Å². The topological polar surface area (TPSA) is 67.2 Å². The number of amidine groups is 1. The van der Waals surface area contributed by atoms with Gasteiger partial charge in [-0.2, -0.15) is 0 Å². The number of halogens is 1. The zero-order valence-electron chi connectivity index (χ0n) is 12.6. The smallest absolute Gasteiger partial charge is 0.253 e. The predicted molar refractivity (Wildman–Crippen MR) is 88.2 cm³/mol. The van der Waals surface area contributed by atoms with Crippen LogP contribution < -0.4 is 5.32 Å². The molecule has 114 valence electrons. The number of carbonyl (C=O) groups excluding carboxylic acids is 1. The standard InChI is InChI=1S/C17H13ClN4O/c1-17(2)16(23)21-15(22-17)14-19-9-12(10-20-14)7-6-11-4-3-5-13(18)8-11/h3-5,8-10H,1-2H3,(H,21,22,23). The van der Waals surface area contributed by atoms with Crippen LogP contribution in [0, 0.1) is 11.8 Å². The highest BCUT2D eigenvalue weighted by Gasteiger charge is 2.35. The third kappa shape index (κ3) is 3.38. The molecule has 0 bridgehead atoms. The fourth-order valence-corrected chi connectivity index (χ4v) is 2.14. The van der Waals surface area contributed by atoms with Crippen LogP contribution in [0.5, 0.6) is 0 Å². The van der Waals surface area contributed by atoms with Crippen molar-refractivity contribution < 1.29 is 4.79 Å². The lowest BCUT2D eigenvalue weighted by molar-refractivity contribution is -0.122. The molecule has 0 atom stereocenters. The molecule has 0 spiro atoms. The zero-order valence-corrected chi connectivity index (χ0v) is 13.3. The highest BCUT2D eigenvalue weighted by molar-refractivity contribution is 6.30. The monoisotopic (exact) mass is 324 g/mol. The molecule has 2 heterocycles. The third-order valence-electron chi connectivity index (χ3n) is 3.22. The molecule has 2 aromatic rings. The summed E-state index contributed by atoms with van der Waals surface area (Å²) in [5, 5.41) is 3.32. The van der Waals surface area contributed by atoms with Gasteiger partial charge in [-0.05, 0) is 32.0 Å². The molecule has 23 heavy (non-hydrogen) atoms. The molecule has 6 heteroatoms. The summed E-state index contributed by atoms with van der Waals surface area (Å²) < 4.78 is 0. The Morgan fingerprint density at radius 1 is 1.13 bits per heavy atom. The van der Waals surface area contributed by atoms with E-state index >= 15 is 0 Å². The average molecular weight is 325 g/mol. The Balaban J connectivity index is 1.80. The normalized spacial score (nSPS) is 15.4. The van der Waals surface area contributed by atoms with Crippen molar-refractivity contribution in [3.05, 3.63) is 58.6 Å². The second-order valence-corrected chi connectivity index (χ2v) is 5.97. The average Bonchev–Trinajstić information content (AvgIpc) is 2.79. The number of aliphatic imine (C=N–C) groups is 1. The number of hydrogen-bond donors (Lipinski definition) is 1. The van der Waals surface area contributed by atoms with E-state index in [2.05, 4.69) is 32.1 Å². The number of rotatable bonds is 1. The van der Waals surface area contributed by atoms with Crippen molar-refractivity contribution in [2.45, 2.75) is 19.4 Å². The molecule has 1 aliphatic rings. The van der Waals surface area contributed by atoms with Gasteiger partial charge in [0, 0.05) is 23.0 Å². The van der Waals surface area contributed by atoms with Crippen molar-refractivity contribution in [3.8, 4) is 11.8 Å². The second kappa shape index (κ2) is 5.82. The van der Waals surface area contributed by atoms with E-state index in [1.807, 2.05) is 12.1 Å². The van der Waals surface area contributed by atoms with E-state index in [0.717, 1.165) is 5.56 Å². The number of amides is 1. The highest BCUT2D eigenvalue weighted by Crippen LogP contribution is 2.16. The summed E-state index contributed by atoms with van der Waals surface area (Å²) in [7, 11) is 0. The Bertz CT molecular complexity index is 860. The van der Waals surface area contributed by atoms with Crippen LogP contribution in [0.3, 0.4) is 0 Å². The summed E-state index contributed by atoms with van der Waals surface area (Å²) in [5.41, 5.74) is 0.692. The Morgan fingerprint density at radius 3 is 2.43 bits per heavy atom. The Labute approximate surface area is 138 Å². The van der Waals surface area contributed by atoms with Gasteiger partial charge in [0.15, 0.2) is 11.7 Å². The second-order valence-electron chi connectivity index (χ2n) is 5.53. The molecule has 0 saturated heterocycles. The van der Waals surface area contributed by atoms with Gasteiger partial charge in [0.05, 0.1) is 5.56 Å². The molecule has 0 radical (unpaired) electrons. The van der Waals surface area contributed by atoms with Gasteiger partial charge in [0.25, 0.3) is 5.91 Å². The van der Waals surface area contributed by atoms with Gasteiger partial charge in [0.1, 0.15) is 5.54 Å². The molecule has 1 amide bonds. The first-order valence-electron chi connectivity index (χ1n) is 6.95. The van der Waals surface area contributed by atoms with E-state index in [0.29, 0.717) is 22.2 Å². The summed E-state index contributed by atoms with van der Waals surface area (Å²) in [5.74, 6) is 6.56. The summed E-state index contributed by atoms with van der Waals surface area (Å²) in [6, 6.07) is 7.30. The molecule has 0 aliphatic carbocycles. The number of aromatic nitrogens is 2. The van der Waals surface area contributed by atoms with Crippen LogP contribution >= 0.6 is 11.6 Å². The molecule has 5 nitrogen and oxygen atoms in total. The molecule has 1 N–H and O–H groups in total. The number of nitrogens with zero attached hydrogens (tertiary/aromatic N) is 3. The van der Waals surface area contributed by atoms with E-state index in [1.54, 1.807) is 38.4 Å². The van der Waals surface area contributed by atoms with Crippen LogP contribution in [0.15, 0.2) is 41.7 Å². The molecule has 1 aliphatic heterocycles. The largest absolute Gasteiger partial charge is 0.306 e. The summed E-state index contributed by atoms with van der Waals surface area (Å²) in [4.78, 5) is 24.4. The van der Waals surface area contributed by atoms with Gasteiger partial charge < -0.3 is 5.32 Å². The molecule has 1 aromatic carbocycles. The minimum Gasteiger partial charge on any atom is -0.306 e. The Kier molecular flexibility index (Phi) is 3.85. The molecule has 0 saturated carbocycles. The zero-order chi connectivity index (χ0) is 16.4. The van der Waals surface area contributed by atoms with Gasteiger partial charge >= 0.3 is 0 Å². The van der Waals surface area contributed by atoms with Crippen LogP contribution in [-0.2, 0) is 4.79 Å². The lowest BCUT2D eigenvalue weighted by Crippen LogP contribution is -2.35. The van der Waals surface area contributed by atoms with Crippen molar-refractivity contribution >= 4 is 23.3 Å². The maximum atomic E-state index is 11.7. The molecule has 0 unspecified atom stereocenters. The quantitative estimate of drug-likeness (QED) is 0.818. The maximum absolute atomic E-state index is 11.7. The molecule has 1 aromatic heterocycles. The van der Waals surface area contributed by atoms with Crippen LogP contribution in [0.2, 0.25) is 5.02 Å². The van der Waals surface area contributed by atoms with Crippen LogP contribution in [0.1, 0.15) is 30.8 Å². The van der Waals surface area contributed by atoms with Gasteiger partial charge in [-0.3, -0.25) is 4.79 Å². The lowest BCUT2D eigenvalue weighted by Gasteiger charge is -2.07. The van der Waals surface area contributed by atoms with Crippen molar-refractivity contribution in [3.63, 3.8) is 0 Å². The van der Waals surface area contributed by atoms with Gasteiger partial charge in [-0.1, -0.05) is 29.5 Å². The fourth-order valence-electron chi connectivity index (χ4n) is 1.95. The number of carbonyl (C=O) groups is 1. The Morgan fingerprint density at radius 2 is 1.83 bits per heavy atom. The van der Waals surface area contributed by atoms with E-state index in [9.17, 15) is 4.79 Å². The summed E-state index contributed by atoms with van der Waals surface area (Å²) in [6.07, 6.45) is 3.19. The van der Waals surface area contributed by atoms with Gasteiger partial charge in [-0.15, -0.1) is 0 Å². The van der Waals surface area contributed by atoms with E-state index in [1.165, 1.54) is 0 Å². The van der Waals surface area contributed by atoms with Gasteiger partial charge in [-0.25, -0.2) is 15.0 Å². The maximum Gasteiger partial charge on any atom is 0.253 e. The van der Waals surface area contributed by atoms with E-state index < -0.39 is 5.54 Å². The van der Waals surface area contributed by atoms with Crippen molar-refractivity contribution in [1.82, 2.24) is 15.3 Å². The molecule has 3 rings (SSSR count). The predicted octanol–water partition coefficient (Wildman–Crippen LogP) is 2.18. The SMILES string of the molecule is CC1(C)N=C(c2ncc(C#Cc3cccc(Cl)c3)cn2)NC1=O. The molecule has 0 fully saturated rings. The van der Waals surface area contributed by atoms with Crippen molar-refractivity contribution in [2.24, 2.45) is 4.99 Å². The fraction of sp³-hybridized carbons (Fsp3) is 0.176. The highest BCUT2D eigenvalue weighted by atomic mass is 35.5. The van der Waals surface area contributed by atoms with Crippen molar-refractivity contribution in [1.29, 1.82) is 0 Å². The first-order chi connectivity index (χ1) is 10.9. The first kappa shape index (κ1) is 15.2. The van der Waals surface area contributed by atoms with Gasteiger partial charge in [0.2, 0.25) is 0 Å². The lowest BCUT2D eigenvalue weighted by atomic mass is 10.1. The van der Waals surface area contributed by atoms with Crippen LogP contribution in [0.25, 0.3) is 0 Å². The molecular weight excluding hydrogens is 312 g/mol. The van der Waals surface area contributed by atoms with Crippen LogP contribution in [0.4, 0.5) is 0 Å². The third-order valence-corrected chi connectivity index (χ3v) is 3.45. The minimum atomic E-state index is -0.788. The number of nitrogens with one attached hydrogen (secondary N) is 1. The van der Waals surface area contributed by atoms with Crippen molar-refractivity contribution in [2.75, 3.05) is 0 Å². The summed E-state index contributed by atoms with van der Waals surface area (Å²) in [6.45, 7) is 3.47. The van der Waals surface area contributed by atoms with E-state index in [-0.39, 0.29) is 5.91 Å². The number of benzene rings is 1. The first-order valence-corrected chi connectivity index (χ1v) is 7.33. The minimum absolute atomic E-state index is 0.166. The summed E-state index contributed by atoms with van der Waals surface area (Å²) >= 11 is 5.91. The Hall–Kier alpha value is -2.71. The number of hydrogen-bond acceptors (Lipinski definition) is 4. The van der Waals surface area contributed by atoms with E-state index in [4.69, 9.17) is 11.6 Å².